The van der Waals surface area contributed by atoms with Crippen molar-refractivity contribution in [1.29, 1.82) is 0 Å². The number of anilines is 1. The van der Waals surface area contributed by atoms with Crippen LogP contribution in [0.3, 0.4) is 0 Å². The maximum absolute atomic E-state index is 12.5. The molecule has 0 spiro atoms. The first-order valence-electron chi connectivity index (χ1n) is 7.73. The third kappa shape index (κ3) is 4.81. The Morgan fingerprint density at radius 1 is 0.957 bits per heavy atom. The molecule has 0 saturated heterocycles. The van der Waals surface area contributed by atoms with Crippen molar-refractivity contribution in [2.75, 3.05) is 18.5 Å². The minimum atomic E-state index is -3.51. The minimum absolute atomic E-state index is 0.176. The summed E-state index contributed by atoms with van der Waals surface area (Å²) in [4.78, 5) is 2.37. The van der Waals surface area contributed by atoms with E-state index in [0.717, 1.165) is 5.69 Å². The highest BCUT2D eigenvalue weighted by Crippen LogP contribution is 2.16. The van der Waals surface area contributed by atoms with E-state index in [2.05, 4.69) is 9.62 Å². The fourth-order valence-electron chi connectivity index (χ4n) is 2.33. The molecule has 2 rings (SSSR count). The topological polar surface area (TPSA) is 49.4 Å². The van der Waals surface area contributed by atoms with Gasteiger partial charge in [-0.2, -0.15) is 0 Å². The van der Waals surface area contributed by atoms with Crippen molar-refractivity contribution >= 4 is 15.7 Å². The SMILES string of the molecule is CC(C)C(CN(C)c1ccccc1)NS(=O)(=O)c1ccccc1. The molecule has 0 aliphatic heterocycles. The number of sulfonamides is 1. The normalized spacial score (nSPS) is 13.0. The number of hydrogen-bond acceptors (Lipinski definition) is 3. The quantitative estimate of drug-likeness (QED) is 0.847. The highest BCUT2D eigenvalue weighted by atomic mass is 32.2. The second-order valence-electron chi connectivity index (χ2n) is 6.00. The van der Waals surface area contributed by atoms with Gasteiger partial charge in [0.15, 0.2) is 0 Å². The van der Waals surface area contributed by atoms with Gasteiger partial charge in [-0.3, -0.25) is 0 Å². The smallest absolute Gasteiger partial charge is 0.240 e. The lowest BCUT2D eigenvalue weighted by molar-refractivity contribution is 0.449. The van der Waals surface area contributed by atoms with E-state index >= 15 is 0 Å². The van der Waals surface area contributed by atoms with Gasteiger partial charge < -0.3 is 4.90 Å². The fourth-order valence-corrected chi connectivity index (χ4v) is 3.73. The predicted octanol–water partition coefficient (Wildman–Crippen LogP) is 3.13. The van der Waals surface area contributed by atoms with Crippen LogP contribution in [-0.2, 0) is 10.0 Å². The largest absolute Gasteiger partial charge is 0.373 e. The van der Waals surface area contributed by atoms with E-state index in [4.69, 9.17) is 0 Å². The lowest BCUT2D eigenvalue weighted by Crippen LogP contribution is -2.45. The van der Waals surface area contributed by atoms with Crippen LogP contribution in [0.25, 0.3) is 0 Å². The molecule has 1 N–H and O–H groups in total. The summed E-state index contributed by atoms with van der Waals surface area (Å²) in [6.07, 6.45) is 0. The van der Waals surface area contributed by atoms with Crippen LogP contribution in [0.2, 0.25) is 0 Å². The van der Waals surface area contributed by atoms with Crippen LogP contribution in [0.5, 0.6) is 0 Å². The first-order chi connectivity index (χ1) is 10.9. The van der Waals surface area contributed by atoms with Crippen molar-refractivity contribution in [2.45, 2.75) is 24.8 Å². The summed E-state index contributed by atoms with van der Waals surface area (Å²) in [6, 6.07) is 18.3. The molecule has 124 valence electrons. The molecular weight excluding hydrogens is 308 g/mol. The van der Waals surface area contributed by atoms with Crippen LogP contribution in [0.15, 0.2) is 65.6 Å². The van der Waals surface area contributed by atoms with Gasteiger partial charge >= 0.3 is 0 Å². The van der Waals surface area contributed by atoms with Gasteiger partial charge in [-0.25, -0.2) is 13.1 Å². The zero-order chi connectivity index (χ0) is 16.9. The van der Waals surface area contributed by atoms with Gasteiger partial charge in [0.1, 0.15) is 0 Å². The van der Waals surface area contributed by atoms with Gasteiger partial charge in [-0.15, -0.1) is 0 Å². The Morgan fingerprint density at radius 2 is 1.48 bits per heavy atom. The molecule has 0 aliphatic carbocycles. The number of benzene rings is 2. The molecule has 0 radical (unpaired) electrons. The third-order valence-corrected chi connectivity index (χ3v) is 5.34. The van der Waals surface area contributed by atoms with Crippen molar-refractivity contribution < 1.29 is 8.42 Å². The van der Waals surface area contributed by atoms with E-state index in [-0.39, 0.29) is 12.0 Å². The number of para-hydroxylation sites is 1. The van der Waals surface area contributed by atoms with E-state index in [0.29, 0.717) is 11.4 Å². The summed E-state index contributed by atoms with van der Waals surface area (Å²) in [7, 11) is -1.54. The zero-order valence-corrected chi connectivity index (χ0v) is 14.6. The standard InChI is InChI=1S/C18H24N2O2S/c1-15(2)18(14-20(3)16-10-6-4-7-11-16)19-23(21,22)17-12-8-5-9-13-17/h4-13,15,18-19H,14H2,1-3H3. The minimum Gasteiger partial charge on any atom is -0.373 e. The second-order valence-corrected chi connectivity index (χ2v) is 7.71. The molecule has 0 bridgehead atoms. The molecule has 0 aliphatic rings. The van der Waals surface area contributed by atoms with E-state index in [1.54, 1.807) is 24.3 Å². The maximum Gasteiger partial charge on any atom is 0.240 e. The van der Waals surface area contributed by atoms with Crippen LogP contribution < -0.4 is 9.62 Å². The van der Waals surface area contributed by atoms with E-state index in [1.807, 2.05) is 57.3 Å². The fraction of sp³-hybridized carbons (Fsp3) is 0.333. The van der Waals surface area contributed by atoms with Gasteiger partial charge in [0, 0.05) is 25.3 Å². The summed E-state index contributed by atoms with van der Waals surface area (Å²) in [5, 5.41) is 0. The molecule has 2 aromatic carbocycles. The third-order valence-electron chi connectivity index (χ3n) is 3.83. The van der Waals surface area contributed by atoms with Gasteiger partial charge in [0.2, 0.25) is 10.0 Å². The average Bonchev–Trinajstić information content (AvgIpc) is 2.55. The van der Waals surface area contributed by atoms with Crippen molar-refractivity contribution in [3.8, 4) is 0 Å². The second kappa shape index (κ2) is 7.62. The maximum atomic E-state index is 12.5. The van der Waals surface area contributed by atoms with Crippen molar-refractivity contribution in [3.63, 3.8) is 0 Å². The number of nitrogens with zero attached hydrogens (tertiary/aromatic N) is 1. The molecular formula is C18H24N2O2S. The molecule has 5 heteroatoms. The lowest BCUT2D eigenvalue weighted by atomic mass is 10.1. The molecule has 23 heavy (non-hydrogen) atoms. The summed E-state index contributed by atoms with van der Waals surface area (Å²) in [6.45, 7) is 4.65. The molecule has 0 fully saturated rings. The van der Waals surface area contributed by atoms with Crippen LogP contribution in [0.4, 0.5) is 5.69 Å². The lowest BCUT2D eigenvalue weighted by Gasteiger charge is -2.29. The van der Waals surface area contributed by atoms with Crippen LogP contribution in [-0.4, -0.2) is 28.1 Å². The Bertz CT molecular complexity index is 700. The Labute approximate surface area is 139 Å². The van der Waals surface area contributed by atoms with Gasteiger partial charge in [-0.1, -0.05) is 50.2 Å². The summed E-state index contributed by atoms with van der Waals surface area (Å²) in [5.41, 5.74) is 1.07. The number of rotatable bonds is 7. The molecule has 0 amide bonds. The molecule has 1 atom stereocenters. The number of hydrogen-bond donors (Lipinski definition) is 1. The highest BCUT2D eigenvalue weighted by molar-refractivity contribution is 7.89. The molecule has 4 nitrogen and oxygen atoms in total. The Kier molecular flexibility index (Phi) is 5.80. The van der Waals surface area contributed by atoms with E-state index in [9.17, 15) is 8.42 Å². The molecule has 0 aromatic heterocycles. The van der Waals surface area contributed by atoms with Crippen LogP contribution >= 0.6 is 0 Å². The first kappa shape index (κ1) is 17.5. The van der Waals surface area contributed by atoms with Crippen molar-refractivity contribution in [1.82, 2.24) is 4.72 Å². The van der Waals surface area contributed by atoms with E-state index < -0.39 is 10.0 Å². The monoisotopic (exact) mass is 332 g/mol. The number of nitrogens with one attached hydrogen (secondary N) is 1. The molecule has 0 heterocycles. The van der Waals surface area contributed by atoms with Gasteiger partial charge in [-0.05, 0) is 30.2 Å². The van der Waals surface area contributed by atoms with Crippen molar-refractivity contribution in [2.24, 2.45) is 5.92 Å². The summed E-state index contributed by atoms with van der Waals surface area (Å²) < 4.78 is 27.9. The van der Waals surface area contributed by atoms with E-state index in [1.165, 1.54) is 0 Å². The van der Waals surface area contributed by atoms with Crippen LogP contribution in [0.1, 0.15) is 13.8 Å². The average molecular weight is 332 g/mol. The number of likely N-dealkylation sites (N-methyl/N-ethyl adjacent to an activating group) is 1. The molecule has 0 saturated carbocycles. The van der Waals surface area contributed by atoms with Crippen molar-refractivity contribution in [3.05, 3.63) is 60.7 Å². The molecule has 1 unspecified atom stereocenters. The van der Waals surface area contributed by atoms with Crippen LogP contribution in [0, 0.1) is 5.92 Å². The Hall–Kier alpha value is -1.85. The Morgan fingerprint density at radius 3 is 2.00 bits per heavy atom. The first-order valence-corrected chi connectivity index (χ1v) is 9.22. The Balaban J connectivity index is 2.13. The highest BCUT2D eigenvalue weighted by Gasteiger charge is 2.23. The zero-order valence-electron chi connectivity index (χ0n) is 13.8. The summed E-state index contributed by atoms with van der Waals surface area (Å²) >= 11 is 0. The predicted molar refractivity (Wildman–Crippen MR) is 95.1 cm³/mol. The van der Waals surface area contributed by atoms with Gasteiger partial charge in [0.05, 0.1) is 4.90 Å². The van der Waals surface area contributed by atoms with Gasteiger partial charge in [0.25, 0.3) is 0 Å². The molecule has 2 aromatic rings. The summed E-state index contributed by atoms with van der Waals surface area (Å²) in [5.74, 6) is 0.180.